The Morgan fingerprint density at radius 1 is 0.939 bits per heavy atom. The standard InChI is InChI=1S/C27H25NO5/c29-27-26(20-10-4-5-11-22(20)28(27)15-19-9-6-12-30-19)21-13-24-25(33-17-32-24)14-23(21)31-16-18-7-2-1-3-8-18/h1-5,7-8,10-11,13-14,19,26H,6,9,12,15-17H2. The number of anilines is 1. The molecule has 1 amide bonds. The van der Waals surface area contributed by atoms with Crippen molar-refractivity contribution in [3.63, 3.8) is 0 Å². The third kappa shape index (κ3) is 3.70. The van der Waals surface area contributed by atoms with Gasteiger partial charge in [0.1, 0.15) is 12.4 Å². The molecule has 6 rings (SSSR count). The van der Waals surface area contributed by atoms with Gasteiger partial charge in [-0.2, -0.15) is 0 Å². The summed E-state index contributed by atoms with van der Waals surface area (Å²) < 4.78 is 23.4. The zero-order valence-electron chi connectivity index (χ0n) is 18.2. The maximum absolute atomic E-state index is 13.8. The molecule has 1 saturated heterocycles. The molecule has 0 radical (unpaired) electrons. The van der Waals surface area contributed by atoms with Crippen LogP contribution < -0.4 is 19.1 Å². The van der Waals surface area contributed by atoms with Gasteiger partial charge in [0, 0.05) is 23.9 Å². The summed E-state index contributed by atoms with van der Waals surface area (Å²) in [5.74, 6) is 1.48. The van der Waals surface area contributed by atoms with Gasteiger partial charge in [0.15, 0.2) is 11.5 Å². The van der Waals surface area contributed by atoms with Crippen LogP contribution in [-0.2, 0) is 16.1 Å². The van der Waals surface area contributed by atoms with Gasteiger partial charge in [-0.25, -0.2) is 0 Å². The normalized spacial score (nSPS) is 20.8. The molecule has 3 aliphatic heterocycles. The summed E-state index contributed by atoms with van der Waals surface area (Å²) >= 11 is 0. The fourth-order valence-corrected chi connectivity index (χ4v) is 4.89. The number of fused-ring (bicyclic) bond motifs is 2. The van der Waals surface area contributed by atoms with Crippen molar-refractivity contribution < 1.29 is 23.7 Å². The highest BCUT2D eigenvalue weighted by molar-refractivity contribution is 6.07. The van der Waals surface area contributed by atoms with Crippen LogP contribution in [0, 0.1) is 0 Å². The molecule has 33 heavy (non-hydrogen) atoms. The zero-order chi connectivity index (χ0) is 22.2. The van der Waals surface area contributed by atoms with E-state index in [4.69, 9.17) is 18.9 Å². The fraction of sp³-hybridized carbons (Fsp3) is 0.296. The molecule has 168 valence electrons. The summed E-state index contributed by atoms with van der Waals surface area (Å²) in [6, 6.07) is 21.7. The average Bonchev–Trinajstić information content (AvgIpc) is 3.58. The van der Waals surface area contributed by atoms with Gasteiger partial charge < -0.3 is 23.8 Å². The molecule has 0 bridgehead atoms. The van der Waals surface area contributed by atoms with Gasteiger partial charge in [-0.15, -0.1) is 0 Å². The van der Waals surface area contributed by atoms with E-state index in [1.54, 1.807) is 0 Å². The van der Waals surface area contributed by atoms with Crippen molar-refractivity contribution in [2.24, 2.45) is 0 Å². The summed E-state index contributed by atoms with van der Waals surface area (Å²) in [6.07, 6.45) is 2.09. The number of benzene rings is 3. The second-order valence-corrected chi connectivity index (χ2v) is 8.59. The third-order valence-corrected chi connectivity index (χ3v) is 6.51. The molecule has 6 heteroatoms. The number of amides is 1. The van der Waals surface area contributed by atoms with Crippen LogP contribution in [0.2, 0.25) is 0 Å². The Kier molecular flexibility index (Phi) is 5.15. The van der Waals surface area contributed by atoms with E-state index in [1.807, 2.05) is 71.6 Å². The molecule has 0 saturated carbocycles. The molecule has 3 aliphatic rings. The molecule has 0 spiro atoms. The second kappa shape index (κ2) is 8.45. The van der Waals surface area contributed by atoms with Crippen molar-refractivity contribution in [3.8, 4) is 17.2 Å². The summed E-state index contributed by atoms with van der Waals surface area (Å²) in [5.41, 5.74) is 3.76. The van der Waals surface area contributed by atoms with Crippen molar-refractivity contribution in [1.29, 1.82) is 0 Å². The van der Waals surface area contributed by atoms with Gasteiger partial charge in [0.05, 0.1) is 18.6 Å². The fourth-order valence-electron chi connectivity index (χ4n) is 4.89. The second-order valence-electron chi connectivity index (χ2n) is 8.59. The summed E-state index contributed by atoms with van der Waals surface area (Å²) in [6.45, 7) is 1.89. The van der Waals surface area contributed by atoms with E-state index in [0.717, 1.165) is 41.8 Å². The quantitative estimate of drug-likeness (QED) is 0.555. The first-order valence-electron chi connectivity index (χ1n) is 11.4. The van der Waals surface area contributed by atoms with E-state index >= 15 is 0 Å². The van der Waals surface area contributed by atoms with Crippen LogP contribution in [0.5, 0.6) is 17.2 Å². The van der Waals surface area contributed by atoms with E-state index in [0.29, 0.717) is 30.4 Å². The Hall–Kier alpha value is -3.51. The summed E-state index contributed by atoms with van der Waals surface area (Å²) in [7, 11) is 0. The minimum atomic E-state index is -0.470. The van der Waals surface area contributed by atoms with Crippen LogP contribution in [0.25, 0.3) is 0 Å². The Labute approximate surface area is 192 Å². The Bertz CT molecular complexity index is 1170. The lowest BCUT2D eigenvalue weighted by molar-refractivity contribution is -0.118. The van der Waals surface area contributed by atoms with Gasteiger partial charge in [0.2, 0.25) is 12.7 Å². The van der Waals surface area contributed by atoms with Crippen LogP contribution in [0.4, 0.5) is 5.69 Å². The minimum absolute atomic E-state index is 0.0372. The Balaban J connectivity index is 1.38. The van der Waals surface area contributed by atoms with Crippen LogP contribution in [0.15, 0.2) is 66.7 Å². The predicted octanol–water partition coefficient (Wildman–Crippen LogP) is 4.65. The van der Waals surface area contributed by atoms with Crippen LogP contribution >= 0.6 is 0 Å². The number of ether oxygens (including phenoxy) is 4. The molecular weight excluding hydrogens is 418 g/mol. The highest BCUT2D eigenvalue weighted by Gasteiger charge is 2.41. The first-order chi connectivity index (χ1) is 16.3. The maximum atomic E-state index is 13.8. The van der Waals surface area contributed by atoms with Crippen LogP contribution in [0.3, 0.4) is 0 Å². The first-order valence-corrected chi connectivity index (χ1v) is 11.4. The van der Waals surface area contributed by atoms with Crippen molar-refractivity contribution in [2.75, 3.05) is 24.8 Å². The predicted molar refractivity (Wildman–Crippen MR) is 123 cm³/mol. The smallest absolute Gasteiger partial charge is 0.239 e. The van der Waals surface area contributed by atoms with Crippen LogP contribution in [0.1, 0.15) is 35.4 Å². The lowest BCUT2D eigenvalue weighted by atomic mass is 9.91. The lowest BCUT2D eigenvalue weighted by Gasteiger charge is -2.22. The van der Waals surface area contributed by atoms with Crippen molar-refractivity contribution in [3.05, 3.63) is 83.4 Å². The van der Waals surface area contributed by atoms with E-state index < -0.39 is 5.92 Å². The summed E-state index contributed by atoms with van der Waals surface area (Å²) in [4.78, 5) is 15.7. The van der Waals surface area contributed by atoms with Gasteiger partial charge in [-0.05, 0) is 36.1 Å². The summed E-state index contributed by atoms with van der Waals surface area (Å²) in [5, 5.41) is 0. The molecule has 3 aromatic rings. The van der Waals surface area contributed by atoms with Crippen molar-refractivity contribution >= 4 is 11.6 Å². The number of hydrogen-bond donors (Lipinski definition) is 0. The average molecular weight is 443 g/mol. The number of nitrogens with zero attached hydrogens (tertiary/aromatic N) is 1. The Morgan fingerprint density at radius 2 is 1.73 bits per heavy atom. The third-order valence-electron chi connectivity index (χ3n) is 6.51. The largest absolute Gasteiger partial charge is 0.488 e. The molecular formula is C27H25NO5. The molecule has 3 aromatic carbocycles. The molecule has 1 fully saturated rings. The molecule has 6 nitrogen and oxygen atoms in total. The number of para-hydroxylation sites is 1. The molecule has 2 atom stereocenters. The number of rotatable bonds is 6. The Morgan fingerprint density at radius 3 is 2.55 bits per heavy atom. The van der Waals surface area contributed by atoms with Crippen molar-refractivity contribution in [2.45, 2.75) is 31.5 Å². The monoisotopic (exact) mass is 443 g/mol. The topological polar surface area (TPSA) is 57.2 Å². The van der Waals surface area contributed by atoms with Gasteiger partial charge in [-0.3, -0.25) is 4.79 Å². The maximum Gasteiger partial charge on any atom is 0.239 e. The lowest BCUT2D eigenvalue weighted by Crippen LogP contribution is -2.36. The number of carbonyl (C=O) groups excluding carboxylic acids is 1. The van der Waals surface area contributed by atoms with Gasteiger partial charge in [0.25, 0.3) is 0 Å². The highest BCUT2D eigenvalue weighted by atomic mass is 16.7. The van der Waals surface area contributed by atoms with E-state index in [9.17, 15) is 4.79 Å². The molecule has 3 heterocycles. The molecule has 2 unspecified atom stereocenters. The number of carbonyl (C=O) groups is 1. The molecule has 0 aromatic heterocycles. The SMILES string of the molecule is O=C1C(c2cc3c(cc2OCc2ccccc2)OCO3)c2ccccc2N1CC1CCCO1. The van der Waals surface area contributed by atoms with E-state index in [-0.39, 0.29) is 18.8 Å². The van der Waals surface area contributed by atoms with E-state index in [2.05, 4.69) is 0 Å². The van der Waals surface area contributed by atoms with Gasteiger partial charge in [-0.1, -0.05) is 48.5 Å². The van der Waals surface area contributed by atoms with Crippen molar-refractivity contribution in [1.82, 2.24) is 0 Å². The van der Waals surface area contributed by atoms with E-state index in [1.165, 1.54) is 0 Å². The molecule has 0 aliphatic carbocycles. The molecule has 0 N–H and O–H groups in total. The first kappa shape index (κ1) is 20.1. The number of hydrogen-bond acceptors (Lipinski definition) is 5. The van der Waals surface area contributed by atoms with Crippen LogP contribution in [-0.4, -0.2) is 32.0 Å². The zero-order valence-corrected chi connectivity index (χ0v) is 18.2. The minimum Gasteiger partial charge on any atom is -0.488 e. The highest BCUT2D eigenvalue weighted by Crippen LogP contribution is 2.48. The van der Waals surface area contributed by atoms with Gasteiger partial charge >= 0.3 is 0 Å².